The molecule has 2 N–H and O–H groups in total. The molecule has 6 heteroatoms. The summed E-state index contributed by atoms with van der Waals surface area (Å²) in [6, 6.07) is 17.1. The van der Waals surface area contributed by atoms with E-state index in [1.807, 2.05) is 12.1 Å². The minimum Gasteiger partial charge on any atom is -0.315 e. The van der Waals surface area contributed by atoms with Crippen molar-refractivity contribution in [2.24, 2.45) is 0 Å². The normalized spacial score (nSPS) is 16.1. The van der Waals surface area contributed by atoms with Gasteiger partial charge in [-0.15, -0.1) is 0 Å². The third-order valence-corrected chi connectivity index (χ3v) is 4.01. The van der Waals surface area contributed by atoms with Crippen LogP contribution in [0.25, 0.3) is 0 Å². The Kier molecular flexibility index (Phi) is 4.14. The highest BCUT2D eigenvalue weighted by Crippen LogP contribution is 2.35. The third kappa shape index (κ3) is 2.37. The average Bonchev–Trinajstić information content (AvgIpc) is 2.88. The van der Waals surface area contributed by atoms with Gasteiger partial charge in [0.15, 0.2) is 5.54 Å². The molecule has 0 aliphatic carbocycles. The number of imide groups is 3. The Balaban J connectivity index is 2.16. The molecule has 0 bridgehead atoms. The number of carbonyl (C=O) groups excluding carboxylic acids is 3. The number of hydrogen-bond donors (Lipinski definition) is 2. The molecule has 3 rings (SSSR count). The molecule has 1 aliphatic heterocycles. The van der Waals surface area contributed by atoms with Crippen molar-refractivity contribution in [3.63, 3.8) is 0 Å². The summed E-state index contributed by atoms with van der Waals surface area (Å²) in [4.78, 5) is 38.4. The summed E-state index contributed by atoms with van der Waals surface area (Å²) < 4.78 is 0. The van der Waals surface area contributed by atoms with Gasteiger partial charge in [0, 0.05) is 0 Å². The fraction of sp³-hybridized carbons (Fsp3) is 0.167. The largest absolute Gasteiger partial charge is 0.332 e. The Bertz CT molecular complexity index is 735. The van der Waals surface area contributed by atoms with E-state index in [1.54, 1.807) is 55.6 Å². The Morgan fingerprint density at radius 3 is 1.96 bits per heavy atom. The summed E-state index contributed by atoms with van der Waals surface area (Å²) in [5, 5.41) is 5.40. The maximum Gasteiger partial charge on any atom is 0.332 e. The molecule has 4 amide bonds. The van der Waals surface area contributed by atoms with Crippen molar-refractivity contribution in [1.29, 1.82) is 0 Å². The van der Waals surface area contributed by atoms with E-state index in [9.17, 15) is 14.4 Å². The molecule has 0 radical (unpaired) electrons. The van der Waals surface area contributed by atoms with Crippen LogP contribution in [0.3, 0.4) is 0 Å². The first-order chi connectivity index (χ1) is 11.6. The van der Waals surface area contributed by atoms with E-state index in [4.69, 9.17) is 0 Å². The smallest absolute Gasteiger partial charge is 0.315 e. The van der Waals surface area contributed by atoms with Crippen molar-refractivity contribution in [2.45, 2.75) is 5.54 Å². The van der Waals surface area contributed by atoms with Crippen LogP contribution >= 0.6 is 0 Å². The van der Waals surface area contributed by atoms with Crippen LogP contribution < -0.4 is 10.6 Å². The summed E-state index contributed by atoms with van der Waals surface area (Å²) >= 11 is 0. The molecule has 2 aromatic carbocycles. The van der Waals surface area contributed by atoms with Gasteiger partial charge in [0.25, 0.3) is 11.8 Å². The third-order valence-electron chi connectivity index (χ3n) is 4.01. The second kappa shape index (κ2) is 6.25. The lowest BCUT2D eigenvalue weighted by molar-refractivity contribution is -0.140. The Morgan fingerprint density at radius 1 is 1.00 bits per heavy atom. The van der Waals surface area contributed by atoms with Crippen molar-refractivity contribution < 1.29 is 14.4 Å². The molecule has 0 aromatic heterocycles. The zero-order valence-electron chi connectivity index (χ0n) is 13.2. The Labute approximate surface area is 139 Å². The van der Waals surface area contributed by atoms with Gasteiger partial charge in [-0.25, -0.2) is 4.79 Å². The van der Waals surface area contributed by atoms with Crippen molar-refractivity contribution in [1.82, 2.24) is 15.5 Å². The predicted octanol–water partition coefficient (Wildman–Crippen LogP) is 1.23. The first kappa shape index (κ1) is 15.9. The van der Waals surface area contributed by atoms with Gasteiger partial charge in [-0.1, -0.05) is 60.7 Å². The number of likely N-dealkylation sites (N-methyl/N-ethyl adjacent to an activating group) is 1. The lowest BCUT2D eigenvalue weighted by Crippen LogP contribution is -2.46. The molecule has 122 valence electrons. The van der Waals surface area contributed by atoms with E-state index < -0.39 is 23.4 Å². The van der Waals surface area contributed by atoms with E-state index >= 15 is 0 Å². The molecule has 24 heavy (non-hydrogen) atoms. The molecule has 1 saturated heterocycles. The summed E-state index contributed by atoms with van der Waals surface area (Å²) in [7, 11) is 1.58. The molecular formula is C18H17N3O3. The predicted molar refractivity (Wildman–Crippen MR) is 88.0 cm³/mol. The molecule has 0 unspecified atom stereocenters. The number of nitrogens with zero attached hydrogens (tertiary/aromatic N) is 1. The number of hydrogen-bond acceptors (Lipinski definition) is 4. The second-order valence-electron chi connectivity index (χ2n) is 5.48. The Morgan fingerprint density at radius 2 is 1.50 bits per heavy atom. The highest BCUT2D eigenvalue weighted by molar-refractivity contribution is 6.20. The average molecular weight is 323 g/mol. The van der Waals surface area contributed by atoms with Crippen LogP contribution in [0.15, 0.2) is 60.7 Å². The van der Waals surface area contributed by atoms with Gasteiger partial charge in [0.1, 0.15) is 0 Å². The zero-order valence-corrected chi connectivity index (χ0v) is 13.2. The maximum absolute atomic E-state index is 13.1. The lowest BCUT2D eigenvalue weighted by Gasteiger charge is -2.27. The van der Waals surface area contributed by atoms with E-state index in [-0.39, 0.29) is 6.54 Å². The van der Waals surface area contributed by atoms with Gasteiger partial charge >= 0.3 is 6.03 Å². The number of rotatable bonds is 4. The summed E-state index contributed by atoms with van der Waals surface area (Å²) in [5.74, 6) is -1.18. The van der Waals surface area contributed by atoms with E-state index in [0.717, 1.165) is 0 Å². The van der Waals surface area contributed by atoms with E-state index in [1.165, 1.54) is 0 Å². The highest BCUT2D eigenvalue weighted by Gasteiger charge is 2.55. The topological polar surface area (TPSA) is 78.5 Å². The number of urea groups is 1. The van der Waals surface area contributed by atoms with Crippen molar-refractivity contribution in [3.8, 4) is 0 Å². The van der Waals surface area contributed by atoms with Gasteiger partial charge < -0.3 is 10.6 Å². The van der Waals surface area contributed by atoms with Crippen molar-refractivity contribution in [3.05, 3.63) is 71.8 Å². The molecule has 0 atom stereocenters. The molecular weight excluding hydrogens is 306 g/mol. The number of benzene rings is 2. The SMILES string of the molecule is CNCC(=O)N1C(=O)NC(c2ccccc2)(c2ccccc2)C1=O. The molecule has 6 nitrogen and oxygen atoms in total. The molecule has 0 saturated carbocycles. The number of carbonyl (C=O) groups is 3. The van der Waals surface area contributed by atoms with Crippen LogP contribution in [0.4, 0.5) is 4.79 Å². The van der Waals surface area contributed by atoms with Crippen molar-refractivity contribution >= 4 is 17.8 Å². The van der Waals surface area contributed by atoms with Gasteiger partial charge in [-0.2, -0.15) is 4.90 Å². The maximum atomic E-state index is 13.1. The zero-order chi connectivity index (χ0) is 17.2. The molecule has 1 aliphatic rings. The minimum atomic E-state index is -1.40. The van der Waals surface area contributed by atoms with Crippen LogP contribution in [0.1, 0.15) is 11.1 Å². The van der Waals surface area contributed by atoms with Crippen LogP contribution in [-0.2, 0) is 15.1 Å². The monoisotopic (exact) mass is 323 g/mol. The molecule has 1 heterocycles. The van der Waals surface area contributed by atoms with Gasteiger partial charge in [0.05, 0.1) is 6.54 Å². The fourth-order valence-corrected chi connectivity index (χ4v) is 2.92. The number of nitrogens with one attached hydrogen (secondary N) is 2. The molecule has 2 aromatic rings. The second-order valence-corrected chi connectivity index (χ2v) is 5.48. The van der Waals surface area contributed by atoms with Crippen LogP contribution in [0, 0.1) is 0 Å². The summed E-state index contributed by atoms with van der Waals surface area (Å²) in [6.07, 6.45) is 0. The van der Waals surface area contributed by atoms with Crippen LogP contribution in [0.2, 0.25) is 0 Å². The van der Waals surface area contributed by atoms with Gasteiger partial charge in [0.2, 0.25) is 0 Å². The standard InChI is InChI=1S/C18H17N3O3/c1-19-12-15(22)21-16(23)18(20-17(21)24,13-8-4-2-5-9-13)14-10-6-3-7-11-14/h2-11,19H,12H2,1H3,(H,20,24). The molecule has 1 fully saturated rings. The highest BCUT2D eigenvalue weighted by atomic mass is 16.2. The van der Waals surface area contributed by atoms with Gasteiger partial charge in [-0.05, 0) is 18.2 Å². The van der Waals surface area contributed by atoms with Crippen LogP contribution in [0.5, 0.6) is 0 Å². The Hall–Kier alpha value is -2.99. The number of amides is 4. The summed E-state index contributed by atoms with van der Waals surface area (Å²) in [6.45, 7) is -0.0984. The van der Waals surface area contributed by atoms with Gasteiger partial charge in [-0.3, -0.25) is 9.59 Å². The minimum absolute atomic E-state index is 0.0984. The first-order valence-electron chi connectivity index (χ1n) is 7.56. The van der Waals surface area contributed by atoms with Crippen LogP contribution in [-0.4, -0.2) is 36.3 Å². The first-order valence-corrected chi connectivity index (χ1v) is 7.56. The quantitative estimate of drug-likeness (QED) is 0.830. The summed E-state index contributed by atoms with van der Waals surface area (Å²) in [5.41, 5.74) is -0.188. The van der Waals surface area contributed by atoms with Crippen molar-refractivity contribution in [2.75, 3.05) is 13.6 Å². The van der Waals surface area contributed by atoms with E-state index in [2.05, 4.69) is 10.6 Å². The van der Waals surface area contributed by atoms with E-state index in [0.29, 0.717) is 16.0 Å². The fourth-order valence-electron chi connectivity index (χ4n) is 2.92. The lowest BCUT2D eigenvalue weighted by atomic mass is 9.82. The molecule has 0 spiro atoms.